The lowest BCUT2D eigenvalue weighted by Gasteiger charge is -2.33. The molecule has 0 saturated carbocycles. The van der Waals surface area contributed by atoms with E-state index in [9.17, 15) is 14.0 Å². The van der Waals surface area contributed by atoms with E-state index in [1.165, 1.54) is 12.1 Å². The van der Waals surface area contributed by atoms with E-state index in [2.05, 4.69) is 5.32 Å². The van der Waals surface area contributed by atoms with Crippen LogP contribution in [0.4, 0.5) is 4.39 Å². The van der Waals surface area contributed by atoms with Crippen molar-refractivity contribution in [3.05, 3.63) is 64.9 Å². The number of hydrogen-bond acceptors (Lipinski definition) is 3. The summed E-state index contributed by atoms with van der Waals surface area (Å²) in [5.74, 6) is 0.0418. The maximum absolute atomic E-state index is 13.7. The summed E-state index contributed by atoms with van der Waals surface area (Å²) in [4.78, 5) is 27.4. The number of benzene rings is 2. The molecule has 2 aliphatic heterocycles. The van der Waals surface area contributed by atoms with Gasteiger partial charge in [-0.05, 0) is 55.5 Å². The molecule has 4 rings (SSSR count). The van der Waals surface area contributed by atoms with Crippen LogP contribution in [0.5, 0.6) is 5.75 Å². The van der Waals surface area contributed by atoms with Gasteiger partial charge in [0.15, 0.2) is 6.61 Å². The zero-order valence-corrected chi connectivity index (χ0v) is 18.0. The Morgan fingerprint density at radius 2 is 2.03 bits per heavy atom. The largest absolute Gasteiger partial charge is 0.482 e. The lowest BCUT2D eigenvalue weighted by molar-refractivity contribution is -0.137. The number of nitrogens with one attached hydrogen (secondary N) is 1. The lowest BCUT2D eigenvalue weighted by atomic mass is 9.97. The Bertz CT molecular complexity index is 954. The molecule has 0 radical (unpaired) electrons. The molecule has 2 saturated heterocycles. The van der Waals surface area contributed by atoms with Crippen molar-refractivity contribution in [1.82, 2.24) is 10.2 Å². The summed E-state index contributed by atoms with van der Waals surface area (Å²) < 4.78 is 19.4. The minimum Gasteiger partial charge on any atom is -0.482 e. The number of nitrogens with zero attached hydrogens (tertiary/aromatic N) is 1. The van der Waals surface area contributed by atoms with Crippen LogP contribution in [0.3, 0.4) is 0 Å². The van der Waals surface area contributed by atoms with Gasteiger partial charge in [-0.2, -0.15) is 0 Å². The molecular weight excluding hydrogens is 419 g/mol. The Labute approximate surface area is 186 Å². The van der Waals surface area contributed by atoms with Gasteiger partial charge in [0.25, 0.3) is 5.91 Å². The monoisotopic (exact) mass is 444 g/mol. The molecule has 7 heteroatoms. The second-order valence-corrected chi connectivity index (χ2v) is 8.64. The molecule has 2 aromatic rings. The highest BCUT2D eigenvalue weighted by atomic mass is 35.5. The van der Waals surface area contributed by atoms with Crippen LogP contribution in [0.15, 0.2) is 48.5 Å². The third kappa shape index (κ3) is 5.18. The number of carbonyl (C=O) groups is 2. The molecule has 1 N–H and O–H groups in total. The Morgan fingerprint density at radius 3 is 2.84 bits per heavy atom. The third-order valence-electron chi connectivity index (χ3n) is 6.08. The van der Waals surface area contributed by atoms with Gasteiger partial charge in [-0.1, -0.05) is 42.3 Å². The highest BCUT2D eigenvalue weighted by molar-refractivity contribution is 6.32. The molecule has 2 heterocycles. The topological polar surface area (TPSA) is 58.6 Å². The quantitative estimate of drug-likeness (QED) is 0.754. The van der Waals surface area contributed by atoms with Gasteiger partial charge in [-0.15, -0.1) is 0 Å². The van der Waals surface area contributed by atoms with Crippen LogP contribution in [-0.4, -0.2) is 41.4 Å². The van der Waals surface area contributed by atoms with Crippen molar-refractivity contribution >= 4 is 23.4 Å². The average Bonchev–Trinajstić information content (AvgIpc) is 3.04. The first-order chi connectivity index (χ1) is 15.0. The number of amides is 2. The van der Waals surface area contributed by atoms with Crippen LogP contribution in [0.1, 0.15) is 37.7 Å². The number of rotatable bonds is 5. The van der Waals surface area contributed by atoms with E-state index in [1.807, 2.05) is 11.0 Å². The predicted octanol–water partition coefficient (Wildman–Crippen LogP) is 4.13. The fourth-order valence-corrected chi connectivity index (χ4v) is 4.91. The summed E-state index contributed by atoms with van der Waals surface area (Å²) in [6.45, 7) is -0.138. The number of halogens is 2. The van der Waals surface area contributed by atoms with Crippen molar-refractivity contribution in [2.45, 2.75) is 56.7 Å². The molecule has 2 fully saturated rings. The van der Waals surface area contributed by atoms with Gasteiger partial charge in [0.05, 0.1) is 17.1 Å². The van der Waals surface area contributed by atoms with E-state index in [0.717, 1.165) is 24.8 Å². The van der Waals surface area contributed by atoms with Gasteiger partial charge in [-0.3, -0.25) is 9.59 Å². The zero-order valence-electron chi connectivity index (χ0n) is 17.2. The summed E-state index contributed by atoms with van der Waals surface area (Å²) >= 11 is 6.15. The molecule has 31 heavy (non-hydrogen) atoms. The van der Waals surface area contributed by atoms with Crippen molar-refractivity contribution in [3.8, 4) is 5.75 Å². The molecule has 2 amide bonds. The number of hydrogen-bond donors (Lipinski definition) is 1. The van der Waals surface area contributed by atoms with E-state index >= 15 is 0 Å². The molecule has 2 aliphatic rings. The van der Waals surface area contributed by atoms with Crippen molar-refractivity contribution in [2.75, 3.05) is 6.61 Å². The standard InChI is InChI=1S/C24H26ClFN2O3/c25-19-8-1-3-10-22(19)31-15-24(30)28-18(13-16-6-5-7-17(26)12-16)14-20-21(28)9-2-4-11-23(29)27-20/h1,3,5-8,10,12,18,20-21H,2,4,9,11,13-15H2,(H,27,29)/t18-,20+,21-/m1/s1. The second-order valence-electron chi connectivity index (χ2n) is 8.23. The lowest BCUT2D eigenvalue weighted by Crippen LogP contribution is -2.50. The first-order valence-corrected chi connectivity index (χ1v) is 11.1. The van der Waals surface area contributed by atoms with Gasteiger partial charge < -0.3 is 15.0 Å². The normalized spacial score (nSPS) is 23.5. The highest BCUT2D eigenvalue weighted by Gasteiger charge is 2.44. The first kappa shape index (κ1) is 21.6. The van der Waals surface area contributed by atoms with Gasteiger partial charge >= 0.3 is 0 Å². The molecule has 3 atom stereocenters. The van der Waals surface area contributed by atoms with Crippen molar-refractivity contribution < 1.29 is 18.7 Å². The summed E-state index contributed by atoms with van der Waals surface area (Å²) in [5, 5.41) is 3.56. The summed E-state index contributed by atoms with van der Waals surface area (Å²) in [5.41, 5.74) is 0.829. The summed E-state index contributed by atoms with van der Waals surface area (Å²) in [7, 11) is 0. The number of ether oxygens (including phenoxy) is 1. The number of fused-ring (bicyclic) bond motifs is 1. The summed E-state index contributed by atoms with van der Waals surface area (Å²) in [6.07, 6.45) is 4.20. The molecule has 0 unspecified atom stereocenters. The van der Waals surface area contributed by atoms with Crippen LogP contribution in [-0.2, 0) is 16.0 Å². The van der Waals surface area contributed by atoms with E-state index in [1.54, 1.807) is 30.3 Å². The first-order valence-electron chi connectivity index (χ1n) is 10.7. The van der Waals surface area contributed by atoms with E-state index in [0.29, 0.717) is 30.0 Å². The zero-order chi connectivity index (χ0) is 21.8. The van der Waals surface area contributed by atoms with Crippen LogP contribution in [0.25, 0.3) is 0 Å². The minimum absolute atomic E-state index is 0.0285. The Kier molecular flexibility index (Phi) is 6.76. The van der Waals surface area contributed by atoms with E-state index in [4.69, 9.17) is 16.3 Å². The van der Waals surface area contributed by atoms with Gasteiger partial charge in [0, 0.05) is 12.5 Å². The van der Waals surface area contributed by atoms with Crippen LogP contribution < -0.4 is 10.1 Å². The molecule has 0 spiro atoms. The fourth-order valence-electron chi connectivity index (χ4n) is 4.72. The van der Waals surface area contributed by atoms with Crippen LogP contribution in [0, 0.1) is 5.82 Å². The van der Waals surface area contributed by atoms with Gasteiger partial charge in [-0.25, -0.2) is 4.39 Å². The molecular formula is C24H26ClFN2O3. The van der Waals surface area contributed by atoms with Crippen LogP contribution >= 0.6 is 11.6 Å². The second kappa shape index (κ2) is 9.69. The minimum atomic E-state index is -0.297. The predicted molar refractivity (Wildman–Crippen MR) is 116 cm³/mol. The maximum atomic E-state index is 13.7. The maximum Gasteiger partial charge on any atom is 0.261 e. The molecule has 164 valence electrons. The van der Waals surface area contributed by atoms with Crippen molar-refractivity contribution in [3.63, 3.8) is 0 Å². The van der Waals surface area contributed by atoms with E-state index in [-0.39, 0.29) is 42.4 Å². The Balaban J connectivity index is 1.55. The van der Waals surface area contributed by atoms with Crippen LogP contribution in [0.2, 0.25) is 5.02 Å². The molecule has 0 aliphatic carbocycles. The third-order valence-corrected chi connectivity index (χ3v) is 6.39. The van der Waals surface area contributed by atoms with Crippen molar-refractivity contribution in [1.29, 1.82) is 0 Å². The highest BCUT2D eigenvalue weighted by Crippen LogP contribution is 2.32. The summed E-state index contributed by atoms with van der Waals surface area (Å²) in [6, 6.07) is 13.2. The van der Waals surface area contributed by atoms with Gasteiger partial charge in [0.2, 0.25) is 5.91 Å². The molecule has 0 aromatic heterocycles. The number of para-hydroxylation sites is 1. The number of carbonyl (C=O) groups excluding carboxylic acids is 2. The molecule has 2 aromatic carbocycles. The van der Waals surface area contributed by atoms with Crippen molar-refractivity contribution in [2.24, 2.45) is 0 Å². The SMILES string of the molecule is O=C1CCCC[C@@H]2[C@H](C[C@@H](Cc3cccc(F)c3)N2C(=O)COc2ccccc2Cl)N1. The smallest absolute Gasteiger partial charge is 0.261 e. The average molecular weight is 445 g/mol. The molecule has 0 bridgehead atoms. The Morgan fingerprint density at radius 1 is 1.19 bits per heavy atom. The number of likely N-dealkylation sites (tertiary alicyclic amines) is 1. The fraction of sp³-hybridized carbons (Fsp3) is 0.417. The van der Waals surface area contributed by atoms with E-state index < -0.39 is 0 Å². The Hall–Kier alpha value is -2.60. The molecule has 5 nitrogen and oxygen atoms in total. The van der Waals surface area contributed by atoms with Gasteiger partial charge in [0.1, 0.15) is 11.6 Å².